The minimum absolute atomic E-state index is 0.508. The minimum Gasteiger partial charge on any atom is -0.385 e. The topological polar surface area (TPSA) is 24.1 Å². The van der Waals surface area contributed by atoms with Crippen LogP contribution in [0.15, 0.2) is 24.9 Å². The van der Waals surface area contributed by atoms with Gasteiger partial charge in [0.2, 0.25) is 0 Å². The van der Waals surface area contributed by atoms with Crippen LogP contribution >= 0.6 is 0 Å². The first-order chi connectivity index (χ1) is 6.74. The monoisotopic (exact) mass is 196 g/mol. The zero-order valence-electron chi connectivity index (χ0n) is 9.60. The second kappa shape index (κ2) is 8.82. The lowest BCUT2D eigenvalue weighted by Gasteiger charge is -2.19. The molecular weight excluding hydrogens is 172 g/mol. The summed E-state index contributed by atoms with van der Waals surface area (Å²) >= 11 is 0. The van der Waals surface area contributed by atoms with Crippen molar-refractivity contribution in [2.45, 2.75) is 38.6 Å². The van der Waals surface area contributed by atoms with E-state index >= 15 is 0 Å². The minimum atomic E-state index is 0.508. The Morgan fingerprint density at radius 1 is 1.50 bits per heavy atom. The van der Waals surface area contributed by atoms with Crippen LogP contribution in [0.2, 0.25) is 0 Å². The molecule has 0 aromatic carbocycles. The van der Waals surface area contributed by atoms with Crippen LogP contribution in [0.1, 0.15) is 32.6 Å². The van der Waals surface area contributed by atoms with E-state index in [2.05, 4.69) is 30.7 Å². The molecule has 0 saturated carbocycles. The van der Waals surface area contributed by atoms with Gasteiger partial charge in [0.1, 0.15) is 0 Å². The van der Waals surface area contributed by atoms with Gasteiger partial charge in [-0.3, -0.25) is 0 Å². The van der Waals surface area contributed by atoms with Crippen molar-refractivity contribution in [3.05, 3.63) is 24.9 Å². The van der Waals surface area contributed by atoms with Crippen LogP contribution in [0.3, 0.4) is 0 Å². The molecule has 0 heterocycles. The standard InChI is InChI=1S/C12H24N2/c1-5-7-9-12(8-6-2)14-11(3)10-13-4/h6,12-14H,2-3,5,7-10H2,1,4H3. The van der Waals surface area contributed by atoms with Crippen LogP contribution in [0.4, 0.5) is 0 Å². The fourth-order valence-electron chi connectivity index (χ4n) is 1.45. The zero-order chi connectivity index (χ0) is 10.8. The highest BCUT2D eigenvalue weighted by molar-refractivity contribution is 4.97. The number of nitrogens with one attached hydrogen (secondary N) is 2. The summed E-state index contributed by atoms with van der Waals surface area (Å²) in [5.41, 5.74) is 1.07. The largest absolute Gasteiger partial charge is 0.385 e. The van der Waals surface area contributed by atoms with Crippen molar-refractivity contribution in [3.8, 4) is 0 Å². The Morgan fingerprint density at radius 3 is 2.71 bits per heavy atom. The van der Waals surface area contributed by atoms with E-state index in [4.69, 9.17) is 0 Å². The molecule has 1 unspecified atom stereocenters. The van der Waals surface area contributed by atoms with Gasteiger partial charge in [0.05, 0.1) is 0 Å². The molecule has 0 aliphatic rings. The van der Waals surface area contributed by atoms with Gasteiger partial charge in [0.25, 0.3) is 0 Å². The molecule has 2 nitrogen and oxygen atoms in total. The highest BCUT2D eigenvalue weighted by atomic mass is 15.0. The summed E-state index contributed by atoms with van der Waals surface area (Å²) in [6, 6.07) is 0.508. The Morgan fingerprint density at radius 2 is 2.21 bits per heavy atom. The third kappa shape index (κ3) is 6.72. The first kappa shape index (κ1) is 13.2. The third-order valence-electron chi connectivity index (χ3n) is 2.16. The second-order valence-electron chi connectivity index (χ2n) is 3.64. The summed E-state index contributed by atoms with van der Waals surface area (Å²) < 4.78 is 0. The average molecular weight is 196 g/mol. The Kier molecular flexibility index (Phi) is 8.34. The average Bonchev–Trinajstić information content (AvgIpc) is 2.15. The van der Waals surface area contributed by atoms with Crippen molar-refractivity contribution < 1.29 is 0 Å². The zero-order valence-corrected chi connectivity index (χ0v) is 9.60. The maximum Gasteiger partial charge on any atom is 0.0345 e. The maximum absolute atomic E-state index is 3.97. The molecule has 2 N–H and O–H groups in total. The fraction of sp³-hybridized carbons (Fsp3) is 0.667. The van der Waals surface area contributed by atoms with Crippen LogP contribution in [-0.4, -0.2) is 19.6 Å². The Balaban J connectivity index is 3.81. The summed E-state index contributed by atoms with van der Waals surface area (Å²) in [7, 11) is 1.93. The number of unbranched alkanes of at least 4 members (excludes halogenated alkanes) is 1. The van der Waals surface area contributed by atoms with Gasteiger partial charge >= 0.3 is 0 Å². The van der Waals surface area contributed by atoms with Crippen LogP contribution in [0, 0.1) is 0 Å². The molecule has 0 saturated heterocycles. The number of hydrogen-bond acceptors (Lipinski definition) is 2. The van der Waals surface area contributed by atoms with Crippen molar-refractivity contribution in [3.63, 3.8) is 0 Å². The van der Waals surface area contributed by atoms with E-state index in [1.54, 1.807) is 0 Å². The lowest BCUT2D eigenvalue weighted by molar-refractivity contribution is 0.502. The summed E-state index contributed by atoms with van der Waals surface area (Å²) in [5, 5.41) is 6.51. The van der Waals surface area contributed by atoms with Gasteiger partial charge in [0.15, 0.2) is 0 Å². The van der Waals surface area contributed by atoms with Gasteiger partial charge in [-0.05, 0) is 19.9 Å². The smallest absolute Gasteiger partial charge is 0.0345 e. The van der Waals surface area contributed by atoms with Crippen LogP contribution in [0.25, 0.3) is 0 Å². The highest BCUT2D eigenvalue weighted by Gasteiger charge is 2.05. The van der Waals surface area contributed by atoms with E-state index < -0.39 is 0 Å². The van der Waals surface area contributed by atoms with Crippen LogP contribution in [-0.2, 0) is 0 Å². The summed E-state index contributed by atoms with van der Waals surface area (Å²) in [6.45, 7) is 10.8. The van der Waals surface area contributed by atoms with Gasteiger partial charge < -0.3 is 10.6 Å². The molecule has 0 amide bonds. The molecule has 0 fully saturated rings. The van der Waals surface area contributed by atoms with E-state index in [1.165, 1.54) is 19.3 Å². The summed E-state index contributed by atoms with van der Waals surface area (Å²) in [4.78, 5) is 0. The summed E-state index contributed by atoms with van der Waals surface area (Å²) in [5.74, 6) is 0. The molecule has 0 aromatic heterocycles. The lowest BCUT2D eigenvalue weighted by Crippen LogP contribution is -2.31. The predicted octanol–water partition coefficient (Wildman–Crippen LogP) is 2.44. The van der Waals surface area contributed by atoms with Gasteiger partial charge in [-0.2, -0.15) is 0 Å². The fourth-order valence-corrected chi connectivity index (χ4v) is 1.45. The Hall–Kier alpha value is -0.760. The normalized spacial score (nSPS) is 12.1. The molecule has 0 aromatic rings. The SMILES string of the molecule is C=CCC(CCCC)NC(=C)CNC. The number of likely N-dealkylation sites (N-methyl/N-ethyl adjacent to an activating group) is 1. The lowest BCUT2D eigenvalue weighted by atomic mass is 10.1. The third-order valence-corrected chi connectivity index (χ3v) is 2.16. The van der Waals surface area contributed by atoms with Crippen molar-refractivity contribution in [1.82, 2.24) is 10.6 Å². The number of hydrogen-bond donors (Lipinski definition) is 2. The molecule has 0 aliphatic carbocycles. The molecule has 1 atom stereocenters. The van der Waals surface area contributed by atoms with Crippen LogP contribution < -0.4 is 10.6 Å². The molecule has 0 rings (SSSR count). The molecule has 0 bridgehead atoms. The van der Waals surface area contributed by atoms with E-state index in [1.807, 2.05) is 13.1 Å². The quantitative estimate of drug-likeness (QED) is 0.553. The van der Waals surface area contributed by atoms with E-state index in [9.17, 15) is 0 Å². The Labute approximate surface area is 88.5 Å². The Bertz CT molecular complexity index is 164. The first-order valence-corrected chi connectivity index (χ1v) is 5.44. The highest BCUT2D eigenvalue weighted by Crippen LogP contribution is 2.06. The molecule has 0 radical (unpaired) electrons. The molecule has 0 aliphatic heterocycles. The van der Waals surface area contributed by atoms with Gasteiger partial charge in [-0.1, -0.05) is 32.4 Å². The van der Waals surface area contributed by atoms with E-state index in [-0.39, 0.29) is 0 Å². The van der Waals surface area contributed by atoms with Crippen molar-refractivity contribution in [2.75, 3.05) is 13.6 Å². The maximum atomic E-state index is 3.97. The van der Waals surface area contributed by atoms with Crippen molar-refractivity contribution in [2.24, 2.45) is 0 Å². The van der Waals surface area contributed by atoms with E-state index in [0.717, 1.165) is 18.7 Å². The molecule has 82 valence electrons. The van der Waals surface area contributed by atoms with Gasteiger partial charge in [-0.15, -0.1) is 6.58 Å². The molecule has 2 heteroatoms. The van der Waals surface area contributed by atoms with Gasteiger partial charge in [0, 0.05) is 18.3 Å². The van der Waals surface area contributed by atoms with Crippen molar-refractivity contribution in [1.29, 1.82) is 0 Å². The van der Waals surface area contributed by atoms with Gasteiger partial charge in [-0.25, -0.2) is 0 Å². The van der Waals surface area contributed by atoms with Crippen molar-refractivity contribution >= 4 is 0 Å². The molecular formula is C12H24N2. The second-order valence-corrected chi connectivity index (χ2v) is 3.64. The molecule has 14 heavy (non-hydrogen) atoms. The van der Waals surface area contributed by atoms with Crippen LogP contribution in [0.5, 0.6) is 0 Å². The summed E-state index contributed by atoms with van der Waals surface area (Å²) in [6.07, 6.45) is 6.69. The van der Waals surface area contributed by atoms with E-state index in [0.29, 0.717) is 6.04 Å². The first-order valence-electron chi connectivity index (χ1n) is 5.44. The number of rotatable bonds is 9. The molecule has 0 spiro atoms. The predicted molar refractivity (Wildman–Crippen MR) is 64.3 cm³/mol.